The maximum atomic E-state index is 12.3. The largest absolute Gasteiger partial charge is 0.378 e. The Hall–Kier alpha value is -3.15. The molecule has 2 aromatic carbocycles. The summed E-state index contributed by atoms with van der Waals surface area (Å²) in [5, 5.41) is 0. The Balaban J connectivity index is 1.47. The molecule has 146 valence electrons. The Morgan fingerprint density at radius 3 is 2.46 bits per heavy atom. The molecule has 0 bridgehead atoms. The SMILES string of the molecule is CN(C)c1cccc(C(=O)NNC(=O)CCC(=O)c2ccc3c(c2)CCC3)c1. The Morgan fingerprint density at radius 2 is 1.68 bits per heavy atom. The van der Waals surface area contributed by atoms with Gasteiger partial charge in [-0.15, -0.1) is 0 Å². The molecule has 0 spiro atoms. The van der Waals surface area contributed by atoms with E-state index in [-0.39, 0.29) is 18.6 Å². The van der Waals surface area contributed by atoms with E-state index in [0.717, 1.165) is 24.9 Å². The van der Waals surface area contributed by atoms with Gasteiger partial charge in [0.05, 0.1) is 0 Å². The zero-order valence-electron chi connectivity index (χ0n) is 16.2. The lowest BCUT2D eigenvalue weighted by Crippen LogP contribution is -2.41. The standard InChI is InChI=1S/C22H25N3O3/c1-25(2)19-8-4-7-18(14-19)22(28)24-23-21(27)12-11-20(26)17-10-9-15-5-3-6-16(15)13-17/h4,7-10,13-14H,3,5-6,11-12H2,1-2H3,(H,23,27)(H,24,28). The van der Waals surface area contributed by atoms with Gasteiger partial charge in [0.25, 0.3) is 5.91 Å². The first-order valence-corrected chi connectivity index (χ1v) is 9.45. The van der Waals surface area contributed by atoms with E-state index in [1.807, 2.05) is 43.3 Å². The third-order valence-corrected chi connectivity index (χ3v) is 4.94. The average molecular weight is 379 g/mol. The number of hydrogen-bond donors (Lipinski definition) is 2. The van der Waals surface area contributed by atoms with Gasteiger partial charge >= 0.3 is 0 Å². The summed E-state index contributed by atoms with van der Waals surface area (Å²) >= 11 is 0. The molecule has 0 aromatic heterocycles. The van der Waals surface area contributed by atoms with Crippen LogP contribution in [0.2, 0.25) is 0 Å². The Kier molecular flexibility index (Phi) is 6.09. The van der Waals surface area contributed by atoms with Gasteiger partial charge in [0.15, 0.2) is 5.78 Å². The molecule has 0 unspecified atom stereocenters. The van der Waals surface area contributed by atoms with Crippen LogP contribution >= 0.6 is 0 Å². The molecule has 0 radical (unpaired) electrons. The first-order chi connectivity index (χ1) is 13.4. The number of rotatable bonds is 6. The molecular formula is C22H25N3O3. The molecule has 0 saturated carbocycles. The molecule has 3 rings (SSSR count). The molecule has 0 heterocycles. The van der Waals surface area contributed by atoms with Gasteiger partial charge in [-0.2, -0.15) is 0 Å². The number of ketones is 1. The molecule has 28 heavy (non-hydrogen) atoms. The molecule has 2 N–H and O–H groups in total. The number of aryl methyl sites for hydroxylation is 2. The molecule has 0 atom stereocenters. The average Bonchev–Trinajstić information content (AvgIpc) is 3.18. The summed E-state index contributed by atoms with van der Waals surface area (Å²) in [4.78, 5) is 38.4. The number of hydrazine groups is 1. The molecule has 6 nitrogen and oxygen atoms in total. The monoisotopic (exact) mass is 379 g/mol. The Labute approximate surface area is 164 Å². The summed E-state index contributed by atoms with van der Waals surface area (Å²) in [6.07, 6.45) is 3.35. The van der Waals surface area contributed by atoms with E-state index in [2.05, 4.69) is 10.9 Å². The van der Waals surface area contributed by atoms with Gasteiger partial charge in [-0.25, -0.2) is 0 Å². The minimum atomic E-state index is -0.401. The van der Waals surface area contributed by atoms with Crippen LogP contribution < -0.4 is 15.8 Å². The van der Waals surface area contributed by atoms with E-state index in [0.29, 0.717) is 11.1 Å². The molecule has 0 saturated heterocycles. The molecule has 1 aliphatic carbocycles. The third kappa shape index (κ3) is 4.76. The zero-order valence-corrected chi connectivity index (χ0v) is 16.2. The van der Waals surface area contributed by atoms with E-state index in [4.69, 9.17) is 0 Å². The highest BCUT2D eigenvalue weighted by atomic mass is 16.2. The molecule has 1 aliphatic rings. The zero-order chi connectivity index (χ0) is 20.1. The summed E-state index contributed by atoms with van der Waals surface area (Å²) in [5.41, 5.74) is 9.31. The fourth-order valence-corrected chi connectivity index (χ4v) is 3.30. The Morgan fingerprint density at radius 1 is 0.893 bits per heavy atom. The lowest BCUT2D eigenvalue weighted by molar-refractivity contribution is -0.121. The van der Waals surface area contributed by atoms with Crippen molar-refractivity contribution in [2.75, 3.05) is 19.0 Å². The van der Waals surface area contributed by atoms with Gasteiger partial charge in [-0.1, -0.05) is 18.2 Å². The van der Waals surface area contributed by atoms with Crippen LogP contribution in [0.15, 0.2) is 42.5 Å². The van der Waals surface area contributed by atoms with Crippen LogP contribution in [0.1, 0.15) is 51.1 Å². The highest BCUT2D eigenvalue weighted by Gasteiger charge is 2.15. The number of anilines is 1. The summed E-state index contributed by atoms with van der Waals surface area (Å²) in [6.45, 7) is 0. The number of amides is 2. The van der Waals surface area contributed by atoms with Crippen LogP contribution in [0.4, 0.5) is 5.69 Å². The van der Waals surface area contributed by atoms with Crippen LogP contribution in [-0.4, -0.2) is 31.7 Å². The lowest BCUT2D eigenvalue weighted by atomic mass is 10.0. The summed E-state index contributed by atoms with van der Waals surface area (Å²) < 4.78 is 0. The fourth-order valence-electron chi connectivity index (χ4n) is 3.30. The van der Waals surface area contributed by atoms with Gasteiger partial charge < -0.3 is 4.90 Å². The number of carbonyl (C=O) groups is 3. The maximum Gasteiger partial charge on any atom is 0.269 e. The van der Waals surface area contributed by atoms with E-state index in [1.165, 1.54) is 11.1 Å². The van der Waals surface area contributed by atoms with E-state index < -0.39 is 11.8 Å². The molecule has 0 aliphatic heterocycles. The lowest BCUT2D eigenvalue weighted by Gasteiger charge is -2.13. The van der Waals surface area contributed by atoms with Gasteiger partial charge in [0, 0.05) is 43.8 Å². The number of fused-ring (bicyclic) bond motifs is 1. The van der Waals surface area contributed by atoms with Crippen LogP contribution in [0.5, 0.6) is 0 Å². The van der Waals surface area contributed by atoms with Crippen molar-refractivity contribution in [3.8, 4) is 0 Å². The second-order valence-corrected chi connectivity index (χ2v) is 7.21. The third-order valence-electron chi connectivity index (χ3n) is 4.94. The molecule has 2 aromatic rings. The number of carbonyl (C=O) groups excluding carboxylic acids is 3. The van der Waals surface area contributed by atoms with E-state index in [9.17, 15) is 14.4 Å². The number of hydrogen-bond acceptors (Lipinski definition) is 4. The van der Waals surface area contributed by atoms with Crippen LogP contribution in [0.3, 0.4) is 0 Å². The van der Waals surface area contributed by atoms with Crippen molar-refractivity contribution >= 4 is 23.3 Å². The van der Waals surface area contributed by atoms with Gasteiger partial charge in [-0.05, 0) is 54.7 Å². The van der Waals surface area contributed by atoms with Gasteiger partial charge in [0.1, 0.15) is 0 Å². The van der Waals surface area contributed by atoms with E-state index >= 15 is 0 Å². The number of Topliss-reactive ketones (excluding diaryl/α,β-unsaturated/α-hetero) is 1. The molecular weight excluding hydrogens is 354 g/mol. The van der Waals surface area contributed by atoms with Crippen molar-refractivity contribution in [3.63, 3.8) is 0 Å². The molecule has 2 amide bonds. The smallest absolute Gasteiger partial charge is 0.269 e. The first kappa shape index (κ1) is 19.6. The molecule has 6 heteroatoms. The van der Waals surface area contributed by atoms with Crippen molar-refractivity contribution in [2.24, 2.45) is 0 Å². The van der Waals surface area contributed by atoms with E-state index in [1.54, 1.807) is 18.2 Å². The predicted octanol–water partition coefficient (Wildman–Crippen LogP) is 2.67. The van der Waals surface area contributed by atoms with Crippen LogP contribution in [0.25, 0.3) is 0 Å². The molecule has 0 fully saturated rings. The Bertz CT molecular complexity index is 906. The minimum Gasteiger partial charge on any atom is -0.378 e. The fraction of sp³-hybridized carbons (Fsp3) is 0.318. The van der Waals surface area contributed by atoms with Gasteiger partial charge in [0.2, 0.25) is 5.91 Å². The van der Waals surface area contributed by atoms with Crippen molar-refractivity contribution in [1.29, 1.82) is 0 Å². The second-order valence-electron chi connectivity index (χ2n) is 7.21. The predicted molar refractivity (Wildman–Crippen MR) is 108 cm³/mol. The summed E-state index contributed by atoms with van der Waals surface area (Å²) in [7, 11) is 3.77. The number of benzene rings is 2. The highest BCUT2D eigenvalue weighted by Crippen LogP contribution is 2.23. The van der Waals surface area contributed by atoms with Crippen molar-refractivity contribution in [3.05, 3.63) is 64.7 Å². The maximum absolute atomic E-state index is 12.3. The second kappa shape index (κ2) is 8.69. The normalized spacial score (nSPS) is 12.2. The van der Waals surface area contributed by atoms with Crippen molar-refractivity contribution in [1.82, 2.24) is 10.9 Å². The number of nitrogens with zero attached hydrogens (tertiary/aromatic N) is 1. The first-order valence-electron chi connectivity index (χ1n) is 9.45. The van der Waals surface area contributed by atoms with Crippen LogP contribution in [-0.2, 0) is 17.6 Å². The summed E-state index contributed by atoms with van der Waals surface area (Å²) in [6, 6.07) is 12.9. The van der Waals surface area contributed by atoms with Gasteiger partial charge in [-0.3, -0.25) is 25.2 Å². The highest BCUT2D eigenvalue weighted by molar-refractivity contribution is 5.99. The van der Waals surface area contributed by atoms with Crippen molar-refractivity contribution < 1.29 is 14.4 Å². The number of nitrogens with one attached hydrogen (secondary N) is 2. The van der Waals surface area contributed by atoms with Crippen LogP contribution in [0, 0.1) is 0 Å². The quantitative estimate of drug-likeness (QED) is 0.597. The summed E-state index contributed by atoms with van der Waals surface area (Å²) in [5.74, 6) is -0.858. The topological polar surface area (TPSA) is 78.5 Å². The minimum absolute atomic E-state index is 0.0218. The van der Waals surface area contributed by atoms with Crippen molar-refractivity contribution in [2.45, 2.75) is 32.1 Å².